The van der Waals surface area contributed by atoms with Gasteiger partial charge in [0, 0.05) is 4.90 Å². The Hall–Kier alpha value is -2.00. The van der Waals surface area contributed by atoms with Gasteiger partial charge in [0.2, 0.25) is 0 Å². The molecule has 1 amide bonds. The number of esters is 1. The second kappa shape index (κ2) is 7.44. The van der Waals surface area contributed by atoms with Gasteiger partial charge in [0.25, 0.3) is 5.91 Å². The van der Waals surface area contributed by atoms with Gasteiger partial charge in [-0.15, -0.1) is 11.8 Å². The molecule has 1 aromatic rings. The van der Waals surface area contributed by atoms with Crippen molar-refractivity contribution in [2.24, 2.45) is 0 Å². The topological polar surface area (TPSA) is 79.2 Å². The zero-order valence-corrected chi connectivity index (χ0v) is 11.5. The van der Waals surface area contributed by atoms with E-state index in [2.05, 4.69) is 10.1 Å². The third kappa shape index (κ3) is 4.30. The van der Waals surface area contributed by atoms with Crippen molar-refractivity contribution in [3.8, 4) is 6.07 Å². The first-order chi connectivity index (χ1) is 9.10. The number of thioether (sulfide) groups is 1. The van der Waals surface area contributed by atoms with Crippen LogP contribution in [0.4, 0.5) is 0 Å². The fraction of sp³-hybridized carbons (Fsp3) is 0.308. The highest BCUT2D eigenvalue weighted by atomic mass is 32.2. The lowest BCUT2D eigenvalue weighted by Gasteiger charge is -2.13. The van der Waals surface area contributed by atoms with E-state index in [1.54, 1.807) is 31.2 Å². The van der Waals surface area contributed by atoms with E-state index in [9.17, 15) is 9.59 Å². The Morgan fingerprint density at radius 1 is 1.47 bits per heavy atom. The maximum absolute atomic E-state index is 12.0. The van der Waals surface area contributed by atoms with Crippen molar-refractivity contribution in [2.45, 2.75) is 17.9 Å². The van der Waals surface area contributed by atoms with E-state index in [0.717, 1.165) is 0 Å². The van der Waals surface area contributed by atoms with Crippen LogP contribution in [0.15, 0.2) is 29.2 Å². The molecule has 19 heavy (non-hydrogen) atoms. The Morgan fingerprint density at radius 2 is 2.16 bits per heavy atom. The summed E-state index contributed by atoms with van der Waals surface area (Å²) in [7, 11) is 1.27. The Labute approximate surface area is 115 Å². The molecule has 1 atom stereocenters. The second-order valence-electron chi connectivity index (χ2n) is 3.66. The SMILES string of the molecule is COC(=O)C(C)NC(=O)c1ccccc1SCC#N. The molecule has 0 aromatic heterocycles. The molecule has 0 aliphatic heterocycles. The molecule has 6 heteroatoms. The lowest BCUT2D eigenvalue weighted by atomic mass is 10.2. The third-order valence-electron chi connectivity index (χ3n) is 2.33. The van der Waals surface area contributed by atoms with Gasteiger partial charge in [-0.1, -0.05) is 12.1 Å². The van der Waals surface area contributed by atoms with Crippen LogP contribution < -0.4 is 5.32 Å². The molecule has 5 nitrogen and oxygen atoms in total. The Balaban J connectivity index is 2.82. The quantitative estimate of drug-likeness (QED) is 0.653. The van der Waals surface area contributed by atoms with Gasteiger partial charge < -0.3 is 10.1 Å². The number of amides is 1. The van der Waals surface area contributed by atoms with Gasteiger partial charge in [0.1, 0.15) is 6.04 Å². The van der Waals surface area contributed by atoms with E-state index in [4.69, 9.17) is 5.26 Å². The second-order valence-corrected chi connectivity index (χ2v) is 4.68. The predicted molar refractivity (Wildman–Crippen MR) is 71.7 cm³/mol. The van der Waals surface area contributed by atoms with Crippen molar-refractivity contribution in [2.75, 3.05) is 12.9 Å². The highest BCUT2D eigenvalue weighted by Gasteiger charge is 2.18. The summed E-state index contributed by atoms with van der Waals surface area (Å²) in [5, 5.41) is 11.1. The molecule has 0 heterocycles. The van der Waals surface area contributed by atoms with E-state index in [0.29, 0.717) is 10.5 Å². The summed E-state index contributed by atoms with van der Waals surface area (Å²) in [6.45, 7) is 1.55. The third-order valence-corrected chi connectivity index (χ3v) is 3.27. The van der Waals surface area contributed by atoms with Crippen LogP contribution in [0.3, 0.4) is 0 Å². The van der Waals surface area contributed by atoms with Gasteiger partial charge in [0.05, 0.1) is 24.5 Å². The monoisotopic (exact) mass is 278 g/mol. The maximum Gasteiger partial charge on any atom is 0.328 e. The van der Waals surface area contributed by atoms with Crippen molar-refractivity contribution in [1.82, 2.24) is 5.32 Å². The first-order valence-electron chi connectivity index (χ1n) is 5.57. The largest absolute Gasteiger partial charge is 0.467 e. The van der Waals surface area contributed by atoms with Crippen LogP contribution in [0.2, 0.25) is 0 Å². The molecular weight excluding hydrogens is 264 g/mol. The smallest absolute Gasteiger partial charge is 0.328 e. The minimum Gasteiger partial charge on any atom is -0.467 e. The normalized spacial score (nSPS) is 11.2. The number of hydrogen-bond acceptors (Lipinski definition) is 5. The molecule has 1 unspecified atom stereocenters. The Morgan fingerprint density at radius 3 is 2.79 bits per heavy atom. The van der Waals surface area contributed by atoms with Crippen LogP contribution in [-0.4, -0.2) is 30.8 Å². The molecule has 1 N–H and O–H groups in total. The summed E-state index contributed by atoms with van der Waals surface area (Å²) in [6.07, 6.45) is 0. The summed E-state index contributed by atoms with van der Waals surface area (Å²) in [6, 6.07) is 8.23. The number of carbonyl (C=O) groups is 2. The first-order valence-corrected chi connectivity index (χ1v) is 6.56. The molecular formula is C13H14N2O3S. The van der Waals surface area contributed by atoms with Crippen molar-refractivity contribution in [1.29, 1.82) is 5.26 Å². The summed E-state index contributed by atoms with van der Waals surface area (Å²) in [5.41, 5.74) is 0.443. The number of nitriles is 1. The summed E-state index contributed by atoms with van der Waals surface area (Å²) >= 11 is 1.28. The van der Waals surface area contributed by atoms with Crippen LogP contribution in [0.25, 0.3) is 0 Å². The van der Waals surface area contributed by atoms with Crippen molar-refractivity contribution >= 4 is 23.6 Å². The average molecular weight is 278 g/mol. The number of methoxy groups -OCH3 is 1. The summed E-state index contributed by atoms with van der Waals surface area (Å²) in [5.74, 6) is -0.605. The van der Waals surface area contributed by atoms with Crippen molar-refractivity contribution in [3.05, 3.63) is 29.8 Å². The number of hydrogen-bond donors (Lipinski definition) is 1. The van der Waals surface area contributed by atoms with Gasteiger partial charge in [-0.3, -0.25) is 4.79 Å². The van der Waals surface area contributed by atoms with Gasteiger partial charge >= 0.3 is 5.97 Å². The molecule has 0 radical (unpaired) electrons. The number of nitrogens with one attached hydrogen (secondary N) is 1. The summed E-state index contributed by atoms with van der Waals surface area (Å²) < 4.78 is 4.54. The zero-order valence-electron chi connectivity index (χ0n) is 10.7. The van der Waals surface area contributed by atoms with Crippen molar-refractivity contribution < 1.29 is 14.3 Å². The van der Waals surface area contributed by atoms with Crippen LogP contribution in [-0.2, 0) is 9.53 Å². The molecule has 1 aromatic carbocycles. The van der Waals surface area contributed by atoms with Gasteiger partial charge in [-0.25, -0.2) is 4.79 Å². The van der Waals surface area contributed by atoms with E-state index in [1.165, 1.54) is 18.9 Å². The number of benzene rings is 1. The lowest BCUT2D eigenvalue weighted by molar-refractivity contribution is -0.142. The van der Waals surface area contributed by atoms with E-state index < -0.39 is 12.0 Å². The van der Waals surface area contributed by atoms with Gasteiger partial charge in [-0.05, 0) is 19.1 Å². The van der Waals surface area contributed by atoms with Gasteiger partial charge in [-0.2, -0.15) is 5.26 Å². The molecule has 1 rings (SSSR count). The number of carbonyl (C=O) groups excluding carboxylic acids is 2. The highest BCUT2D eigenvalue weighted by Crippen LogP contribution is 2.22. The fourth-order valence-electron chi connectivity index (χ4n) is 1.40. The standard InChI is InChI=1S/C13H14N2O3S/c1-9(13(17)18-2)15-12(16)10-5-3-4-6-11(10)19-8-7-14/h3-6,9H,8H2,1-2H3,(H,15,16). The zero-order chi connectivity index (χ0) is 14.3. The number of nitrogens with zero attached hydrogens (tertiary/aromatic N) is 1. The minimum atomic E-state index is -0.716. The van der Waals surface area contributed by atoms with E-state index in [1.807, 2.05) is 6.07 Å². The fourth-order valence-corrected chi connectivity index (χ4v) is 2.11. The van der Waals surface area contributed by atoms with Gasteiger partial charge in [0.15, 0.2) is 0 Å². The average Bonchev–Trinajstić information content (AvgIpc) is 2.44. The molecule has 0 saturated carbocycles. The molecule has 0 aliphatic carbocycles. The van der Waals surface area contributed by atoms with Crippen LogP contribution >= 0.6 is 11.8 Å². The van der Waals surface area contributed by atoms with Crippen molar-refractivity contribution in [3.63, 3.8) is 0 Å². The first kappa shape index (κ1) is 15.1. The highest BCUT2D eigenvalue weighted by molar-refractivity contribution is 7.99. The van der Waals surface area contributed by atoms with E-state index >= 15 is 0 Å². The van der Waals surface area contributed by atoms with E-state index in [-0.39, 0.29) is 11.7 Å². The predicted octanol–water partition coefficient (Wildman–Crippen LogP) is 1.59. The molecule has 0 aliphatic rings. The number of ether oxygens (including phenoxy) is 1. The maximum atomic E-state index is 12.0. The molecule has 100 valence electrons. The molecule has 0 spiro atoms. The Kier molecular flexibility index (Phi) is 5.90. The lowest BCUT2D eigenvalue weighted by Crippen LogP contribution is -2.39. The molecule has 0 bridgehead atoms. The Bertz CT molecular complexity index is 511. The molecule has 0 fully saturated rings. The van der Waals surface area contributed by atoms with Crippen LogP contribution in [0.1, 0.15) is 17.3 Å². The number of rotatable bonds is 5. The van der Waals surface area contributed by atoms with Crippen LogP contribution in [0.5, 0.6) is 0 Å². The molecule has 0 saturated heterocycles. The minimum absolute atomic E-state index is 0.261. The summed E-state index contributed by atoms with van der Waals surface area (Å²) in [4.78, 5) is 24.0. The van der Waals surface area contributed by atoms with Crippen LogP contribution in [0, 0.1) is 11.3 Å².